The van der Waals surface area contributed by atoms with E-state index in [9.17, 15) is 4.79 Å². The summed E-state index contributed by atoms with van der Waals surface area (Å²) in [5.41, 5.74) is 8.20. The number of aromatic nitrogens is 2. The summed E-state index contributed by atoms with van der Waals surface area (Å²) in [5.74, 6) is 0.705. The van der Waals surface area contributed by atoms with Crippen LogP contribution in [0.1, 0.15) is 24.0 Å². The van der Waals surface area contributed by atoms with E-state index >= 15 is 0 Å². The summed E-state index contributed by atoms with van der Waals surface area (Å²) in [7, 11) is 1.70. The second-order valence-electron chi connectivity index (χ2n) is 9.05. The number of nitrogens with zero attached hydrogens (tertiary/aromatic N) is 5. The highest BCUT2D eigenvalue weighted by Gasteiger charge is 2.34. The van der Waals surface area contributed by atoms with Crippen LogP contribution in [0.15, 0.2) is 43.0 Å². The molecule has 9 nitrogen and oxygen atoms in total. The molecule has 0 saturated carbocycles. The van der Waals surface area contributed by atoms with Gasteiger partial charge in [0, 0.05) is 68.4 Å². The van der Waals surface area contributed by atoms with E-state index in [4.69, 9.17) is 15.9 Å². The minimum atomic E-state index is 0.000399. The van der Waals surface area contributed by atoms with Gasteiger partial charge in [0.05, 0.1) is 6.61 Å². The van der Waals surface area contributed by atoms with Gasteiger partial charge in [-0.1, -0.05) is 12.1 Å². The highest BCUT2D eigenvalue weighted by atomic mass is 16.5. The summed E-state index contributed by atoms with van der Waals surface area (Å²) >= 11 is 0. The summed E-state index contributed by atoms with van der Waals surface area (Å²) in [6.45, 7) is 5.54. The van der Waals surface area contributed by atoms with Crippen molar-refractivity contribution in [3.63, 3.8) is 0 Å². The van der Waals surface area contributed by atoms with E-state index in [2.05, 4.69) is 14.9 Å². The van der Waals surface area contributed by atoms with Gasteiger partial charge in [0.2, 0.25) is 0 Å². The maximum Gasteiger partial charge on any atom is 0.324 e. The minimum Gasteiger partial charge on any atom is -0.384 e. The van der Waals surface area contributed by atoms with Gasteiger partial charge >= 0.3 is 6.03 Å². The van der Waals surface area contributed by atoms with Crippen LogP contribution in [0.3, 0.4) is 0 Å². The van der Waals surface area contributed by atoms with Crippen molar-refractivity contribution >= 4 is 17.6 Å². The van der Waals surface area contributed by atoms with Crippen LogP contribution in [0.25, 0.3) is 0 Å². The standard InChI is InChI=1S/C24H33N7O2/c1-33-16-20-14-30(24(32)31(15-20)22-4-2-3-21(9-22)23(25)26)13-18-5-7-29(8-6-18)12-19-10-27-17-28-11-19/h2-4,9-11,17-18,20H,5-8,12-16H2,1H3,(H3,25,26). The monoisotopic (exact) mass is 451 g/mol. The van der Waals surface area contributed by atoms with E-state index in [1.54, 1.807) is 19.5 Å². The lowest BCUT2D eigenvalue weighted by Crippen LogP contribution is -2.56. The Morgan fingerprint density at radius 1 is 1.18 bits per heavy atom. The third-order valence-corrected chi connectivity index (χ3v) is 6.50. The first-order chi connectivity index (χ1) is 16.0. The van der Waals surface area contributed by atoms with Crippen LogP contribution >= 0.6 is 0 Å². The van der Waals surface area contributed by atoms with Crippen molar-refractivity contribution in [2.45, 2.75) is 19.4 Å². The largest absolute Gasteiger partial charge is 0.384 e. The molecule has 0 spiro atoms. The number of nitrogens with two attached hydrogens (primary N) is 1. The van der Waals surface area contributed by atoms with Crippen LogP contribution in [-0.2, 0) is 11.3 Å². The van der Waals surface area contributed by atoms with Crippen molar-refractivity contribution in [3.05, 3.63) is 54.1 Å². The first-order valence-electron chi connectivity index (χ1n) is 11.5. The maximum absolute atomic E-state index is 13.4. The number of hydrogen-bond donors (Lipinski definition) is 2. The van der Waals surface area contributed by atoms with Gasteiger partial charge in [0.1, 0.15) is 12.2 Å². The molecule has 2 aromatic rings. The van der Waals surface area contributed by atoms with Crippen molar-refractivity contribution in [3.8, 4) is 0 Å². The number of urea groups is 1. The molecule has 1 aromatic heterocycles. The average molecular weight is 452 g/mol. The van der Waals surface area contributed by atoms with Crippen LogP contribution in [0.5, 0.6) is 0 Å². The molecule has 2 aliphatic heterocycles. The Morgan fingerprint density at radius 3 is 2.64 bits per heavy atom. The number of nitrogen functional groups attached to an aromatic ring is 1. The van der Waals surface area contributed by atoms with E-state index in [1.165, 1.54) is 0 Å². The minimum absolute atomic E-state index is 0.000399. The molecule has 1 aromatic carbocycles. The molecule has 33 heavy (non-hydrogen) atoms. The molecule has 3 N–H and O–H groups in total. The molecule has 2 saturated heterocycles. The molecule has 0 bridgehead atoms. The Balaban J connectivity index is 1.39. The van der Waals surface area contributed by atoms with Gasteiger partial charge in [0.15, 0.2) is 0 Å². The summed E-state index contributed by atoms with van der Waals surface area (Å²) in [5, 5.41) is 7.73. The normalized spacial score (nSPS) is 20.3. The molecule has 2 fully saturated rings. The second-order valence-corrected chi connectivity index (χ2v) is 9.05. The molecule has 9 heteroatoms. The van der Waals surface area contributed by atoms with Crippen LogP contribution in [0, 0.1) is 17.2 Å². The van der Waals surface area contributed by atoms with Crippen LogP contribution in [-0.4, -0.2) is 78.1 Å². The maximum atomic E-state index is 13.4. The highest BCUT2D eigenvalue weighted by Crippen LogP contribution is 2.27. The molecular weight excluding hydrogens is 418 g/mol. The third kappa shape index (κ3) is 5.85. The number of hydrogen-bond acceptors (Lipinski definition) is 6. The van der Waals surface area contributed by atoms with Crippen molar-refractivity contribution in [1.29, 1.82) is 5.41 Å². The lowest BCUT2D eigenvalue weighted by Gasteiger charge is -2.42. The quantitative estimate of drug-likeness (QED) is 0.470. The van der Waals surface area contributed by atoms with Gasteiger partial charge in [0.25, 0.3) is 0 Å². The van der Waals surface area contributed by atoms with E-state index in [1.807, 2.05) is 40.4 Å². The summed E-state index contributed by atoms with van der Waals surface area (Å²) in [6.07, 6.45) is 7.43. The first-order valence-corrected chi connectivity index (χ1v) is 11.5. The number of nitrogens with one attached hydrogen (secondary N) is 1. The number of anilines is 1. The number of carbonyl (C=O) groups excluding carboxylic acids is 1. The summed E-state index contributed by atoms with van der Waals surface area (Å²) in [4.78, 5) is 27.9. The number of carbonyl (C=O) groups is 1. The summed E-state index contributed by atoms with van der Waals surface area (Å²) < 4.78 is 5.44. The lowest BCUT2D eigenvalue weighted by molar-refractivity contribution is 0.0985. The lowest BCUT2D eigenvalue weighted by atomic mass is 9.95. The van der Waals surface area contributed by atoms with Crippen molar-refractivity contribution < 1.29 is 9.53 Å². The fourth-order valence-electron chi connectivity index (χ4n) is 4.81. The first kappa shape index (κ1) is 23.1. The Morgan fingerprint density at radius 2 is 1.94 bits per heavy atom. The Bertz CT molecular complexity index is 947. The van der Waals surface area contributed by atoms with Crippen molar-refractivity contribution in [2.75, 3.05) is 51.3 Å². The number of piperidine rings is 1. The molecule has 2 aliphatic rings. The second kappa shape index (κ2) is 10.7. The zero-order valence-electron chi connectivity index (χ0n) is 19.2. The zero-order valence-corrected chi connectivity index (χ0v) is 19.2. The van der Waals surface area contributed by atoms with Gasteiger partial charge in [-0.2, -0.15) is 0 Å². The highest BCUT2D eigenvalue weighted by molar-refractivity contribution is 5.98. The van der Waals surface area contributed by atoms with Gasteiger partial charge < -0.3 is 15.4 Å². The molecule has 0 radical (unpaired) electrons. The third-order valence-electron chi connectivity index (χ3n) is 6.50. The molecule has 3 heterocycles. The number of likely N-dealkylation sites (tertiary alicyclic amines) is 1. The molecule has 1 unspecified atom stereocenters. The number of amides is 2. The fraction of sp³-hybridized carbons (Fsp3) is 0.500. The van der Waals surface area contributed by atoms with E-state index < -0.39 is 0 Å². The Labute approximate surface area is 195 Å². The SMILES string of the molecule is COCC1CN(CC2CCN(Cc3cncnc3)CC2)C(=O)N(c2cccc(C(=N)N)c2)C1. The van der Waals surface area contributed by atoms with Crippen LogP contribution < -0.4 is 10.6 Å². The fourth-order valence-corrected chi connectivity index (χ4v) is 4.81. The molecule has 1 atom stereocenters. The average Bonchev–Trinajstić information content (AvgIpc) is 2.83. The van der Waals surface area contributed by atoms with Crippen LogP contribution in [0.2, 0.25) is 0 Å². The van der Waals surface area contributed by atoms with Gasteiger partial charge in [-0.25, -0.2) is 14.8 Å². The topological polar surface area (TPSA) is 112 Å². The predicted molar refractivity (Wildman–Crippen MR) is 127 cm³/mol. The molecule has 176 valence electrons. The number of benzene rings is 1. The molecule has 0 aliphatic carbocycles. The molecular formula is C24H33N7O2. The number of rotatable bonds is 8. The number of methoxy groups -OCH3 is 1. The van der Waals surface area contributed by atoms with Gasteiger partial charge in [-0.3, -0.25) is 15.2 Å². The Hall–Kier alpha value is -3.04. The van der Waals surface area contributed by atoms with E-state index in [0.717, 1.165) is 50.3 Å². The molecule has 2 amide bonds. The summed E-state index contributed by atoms with van der Waals surface area (Å²) in [6, 6.07) is 7.38. The molecule has 4 rings (SSSR count). The van der Waals surface area contributed by atoms with Crippen molar-refractivity contribution in [2.24, 2.45) is 17.6 Å². The number of amidine groups is 1. The smallest absolute Gasteiger partial charge is 0.324 e. The van der Waals surface area contributed by atoms with Crippen LogP contribution in [0.4, 0.5) is 10.5 Å². The van der Waals surface area contributed by atoms with E-state index in [-0.39, 0.29) is 17.8 Å². The zero-order chi connectivity index (χ0) is 23.2. The van der Waals surface area contributed by atoms with Gasteiger partial charge in [-0.15, -0.1) is 0 Å². The Kier molecular flexibility index (Phi) is 7.51. The van der Waals surface area contributed by atoms with Crippen molar-refractivity contribution in [1.82, 2.24) is 19.8 Å². The van der Waals surface area contributed by atoms with Gasteiger partial charge in [-0.05, 0) is 44.0 Å². The number of ether oxygens (including phenoxy) is 1. The van der Waals surface area contributed by atoms with E-state index in [0.29, 0.717) is 31.2 Å². The predicted octanol–water partition coefficient (Wildman–Crippen LogP) is 2.18.